The van der Waals surface area contributed by atoms with Crippen molar-refractivity contribution < 1.29 is 4.79 Å². The number of anilines is 1. The summed E-state index contributed by atoms with van der Waals surface area (Å²) >= 11 is 3.65. The average Bonchev–Trinajstić information content (AvgIpc) is 2.97. The normalized spacial score (nSPS) is 10.4. The van der Waals surface area contributed by atoms with Crippen molar-refractivity contribution in [2.45, 2.75) is 6.42 Å². The van der Waals surface area contributed by atoms with Crippen molar-refractivity contribution in [1.82, 2.24) is 10.2 Å². The van der Waals surface area contributed by atoms with Crippen LogP contribution in [0.25, 0.3) is 10.6 Å². The summed E-state index contributed by atoms with van der Waals surface area (Å²) in [5, 5.41) is 12.3. The minimum Gasteiger partial charge on any atom is -0.300 e. The number of nitrogens with one attached hydrogen (secondary N) is 1. The summed E-state index contributed by atoms with van der Waals surface area (Å²) in [4.78, 5) is 12.0. The lowest BCUT2D eigenvalue weighted by molar-refractivity contribution is -0.115. The molecule has 0 atom stereocenters. The molecule has 22 heavy (non-hydrogen) atoms. The highest BCUT2D eigenvalue weighted by Crippen LogP contribution is 2.29. The standard InChI is InChI=1S/C16H12IN3OS/c17-13-9-5-4-8-12(13)15-19-20-16(22-15)18-14(21)10-11-6-2-1-3-7-11/h1-9H,10H2,(H,18,20,21). The monoisotopic (exact) mass is 421 g/mol. The summed E-state index contributed by atoms with van der Waals surface area (Å²) in [5.41, 5.74) is 2.01. The molecule has 1 aromatic heterocycles. The van der Waals surface area contributed by atoms with E-state index in [4.69, 9.17) is 0 Å². The molecule has 1 amide bonds. The van der Waals surface area contributed by atoms with Crippen molar-refractivity contribution in [3.63, 3.8) is 0 Å². The SMILES string of the molecule is O=C(Cc1ccccc1)Nc1nnc(-c2ccccc2I)s1. The predicted molar refractivity (Wildman–Crippen MR) is 96.8 cm³/mol. The Kier molecular flexibility index (Phi) is 4.79. The number of hydrogen-bond acceptors (Lipinski definition) is 4. The Morgan fingerprint density at radius 1 is 1.05 bits per heavy atom. The molecule has 0 aliphatic heterocycles. The van der Waals surface area contributed by atoms with Gasteiger partial charge in [-0.3, -0.25) is 4.79 Å². The fourth-order valence-electron chi connectivity index (χ4n) is 1.96. The Morgan fingerprint density at radius 3 is 2.55 bits per heavy atom. The van der Waals surface area contributed by atoms with E-state index in [2.05, 4.69) is 38.1 Å². The lowest BCUT2D eigenvalue weighted by Gasteiger charge is -2.01. The summed E-state index contributed by atoms with van der Waals surface area (Å²) in [6, 6.07) is 17.6. The first-order valence-corrected chi connectivity index (χ1v) is 8.54. The Hall–Kier alpha value is -1.80. The van der Waals surface area contributed by atoms with E-state index in [0.717, 1.165) is 19.7 Å². The molecular formula is C16H12IN3OS. The van der Waals surface area contributed by atoms with Gasteiger partial charge in [0.1, 0.15) is 0 Å². The quantitative estimate of drug-likeness (QED) is 0.649. The van der Waals surface area contributed by atoms with Gasteiger partial charge in [0.15, 0.2) is 5.01 Å². The largest absolute Gasteiger partial charge is 0.300 e. The first-order valence-electron chi connectivity index (χ1n) is 6.64. The van der Waals surface area contributed by atoms with Crippen LogP contribution in [0.3, 0.4) is 0 Å². The van der Waals surface area contributed by atoms with Gasteiger partial charge in [-0.05, 0) is 34.2 Å². The minimum absolute atomic E-state index is 0.0864. The predicted octanol–water partition coefficient (Wildman–Crippen LogP) is 3.99. The van der Waals surface area contributed by atoms with Crippen LogP contribution in [-0.2, 0) is 11.2 Å². The van der Waals surface area contributed by atoms with Crippen LogP contribution in [0.1, 0.15) is 5.56 Å². The van der Waals surface area contributed by atoms with E-state index in [1.54, 1.807) is 0 Å². The van der Waals surface area contributed by atoms with Crippen LogP contribution in [0.4, 0.5) is 5.13 Å². The molecule has 1 heterocycles. The second kappa shape index (κ2) is 6.97. The first kappa shape index (κ1) is 15.1. The molecule has 0 bridgehead atoms. The molecule has 0 saturated heterocycles. The summed E-state index contributed by atoms with van der Waals surface area (Å²) in [6.07, 6.45) is 0.332. The van der Waals surface area contributed by atoms with Crippen LogP contribution in [0.2, 0.25) is 0 Å². The molecule has 0 fully saturated rings. The van der Waals surface area contributed by atoms with E-state index in [9.17, 15) is 4.79 Å². The molecule has 1 N–H and O–H groups in total. The lowest BCUT2D eigenvalue weighted by Crippen LogP contribution is -2.14. The number of benzene rings is 2. The zero-order valence-electron chi connectivity index (χ0n) is 11.5. The molecular weight excluding hydrogens is 409 g/mol. The number of nitrogens with zero attached hydrogens (tertiary/aromatic N) is 2. The third-order valence-corrected chi connectivity index (χ3v) is 4.80. The van der Waals surface area contributed by atoms with E-state index in [0.29, 0.717) is 11.6 Å². The minimum atomic E-state index is -0.0864. The van der Waals surface area contributed by atoms with Gasteiger partial charge in [-0.15, -0.1) is 10.2 Å². The summed E-state index contributed by atoms with van der Waals surface area (Å²) in [5.74, 6) is -0.0864. The number of amides is 1. The molecule has 0 unspecified atom stereocenters. The number of hydrogen-bond donors (Lipinski definition) is 1. The molecule has 3 rings (SSSR count). The van der Waals surface area contributed by atoms with Gasteiger partial charge in [-0.1, -0.05) is 59.9 Å². The topological polar surface area (TPSA) is 54.9 Å². The Morgan fingerprint density at radius 2 is 1.77 bits per heavy atom. The second-order valence-electron chi connectivity index (χ2n) is 4.60. The highest BCUT2D eigenvalue weighted by Gasteiger charge is 2.11. The summed E-state index contributed by atoms with van der Waals surface area (Å²) < 4.78 is 1.11. The van der Waals surface area contributed by atoms with E-state index in [-0.39, 0.29) is 5.91 Å². The van der Waals surface area contributed by atoms with Gasteiger partial charge in [-0.2, -0.15) is 0 Å². The first-order chi connectivity index (χ1) is 10.7. The van der Waals surface area contributed by atoms with Gasteiger partial charge in [0.2, 0.25) is 11.0 Å². The third kappa shape index (κ3) is 3.69. The van der Waals surface area contributed by atoms with Crippen molar-refractivity contribution in [3.8, 4) is 10.6 Å². The van der Waals surface area contributed by atoms with E-state index < -0.39 is 0 Å². The van der Waals surface area contributed by atoms with Crippen LogP contribution in [0.15, 0.2) is 54.6 Å². The van der Waals surface area contributed by atoms with Crippen molar-refractivity contribution in [1.29, 1.82) is 0 Å². The highest BCUT2D eigenvalue weighted by molar-refractivity contribution is 14.1. The van der Waals surface area contributed by atoms with Crippen LogP contribution >= 0.6 is 33.9 Å². The number of carbonyl (C=O) groups is 1. The van der Waals surface area contributed by atoms with Crippen molar-refractivity contribution in [2.75, 3.05) is 5.32 Å². The van der Waals surface area contributed by atoms with Gasteiger partial charge in [-0.25, -0.2) is 0 Å². The zero-order chi connectivity index (χ0) is 15.4. The maximum Gasteiger partial charge on any atom is 0.230 e. The van der Waals surface area contributed by atoms with Crippen molar-refractivity contribution >= 4 is 45.0 Å². The average molecular weight is 421 g/mol. The van der Waals surface area contributed by atoms with Gasteiger partial charge in [0.05, 0.1) is 6.42 Å². The smallest absolute Gasteiger partial charge is 0.230 e. The number of carbonyl (C=O) groups excluding carboxylic acids is 1. The maximum atomic E-state index is 12.0. The van der Waals surface area contributed by atoms with E-state index >= 15 is 0 Å². The fraction of sp³-hybridized carbons (Fsp3) is 0.0625. The molecule has 4 nitrogen and oxygen atoms in total. The van der Waals surface area contributed by atoms with Crippen LogP contribution in [0, 0.1) is 3.57 Å². The molecule has 3 aromatic rings. The molecule has 0 aliphatic carbocycles. The molecule has 0 saturated carbocycles. The van der Waals surface area contributed by atoms with Crippen molar-refractivity contribution in [2.24, 2.45) is 0 Å². The summed E-state index contributed by atoms with van der Waals surface area (Å²) in [6.45, 7) is 0. The third-order valence-electron chi connectivity index (χ3n) is 2.98. The fourth-order valence-corrected chi connectivity index (χ4v) is 3.59. The number of aromatic nitrogens is 2. The summed E-state index contributed by atoms with van der Waals surface area (Å²) in [7, 11) is 0. The Balaban J connectivity index is 1.70. The second-order valence-corrected chi connectivity index (χ2v) is 6.74. The van der Waals surface area contributed by atoms with Crippen LogP contribution in [-0.4, -0.2) is 16.1 Å². The number of rotatable bonds is 4. The molecule has 6 heteroatoms. The molecule has 0 radical (unpaired) electrons. The van der Waals surface area contributed by atoms with E-state index in [1.165, 1.54) is 11.3 Å². The van der Waals surface area contributed by atoms with Gasteiger partial charge in [0, 0.05) is 9.13 Å². The van der Waals surface area contributed by atoms with E-state index in [1.807, 2.05) is 54.6 Å². The van der Waals surface area contributed by atoms with Gasteiger partial charge >= 0.3 is 0 Å². The van der Waals surface area contributed by atoms with Crippen LogP contribution in [0.5, 0.6) is 0 Å². The number of halogens is 1. The highest BCUT2D eigenvalue weighted by atomic mass is 127. The van der Waals surface area contributed by atoms with Crippen LogP contribution < -0.4 is 5.32 Å². The molecule has 0 aliphatic rings. The van der Waals surface area contributed by atoms with Gasteiger partial charge < -0.3 is 5.32 Å². The molecule has 2 aromatic carbocycles. The van der Waals surface area contributed by atoms with Gasteiger partial charge in [0.25, 0.3) is 0 Å². The Bertz CT molecular complexity index is 789. The Labute approximate surface area is 145 Å². The molecule has 110 valence electrons. The zero-order valence-corrected chi connectivity index (χ0v) is 14.5. The lowest BCUT2D eigenvalue weighted by atomic mass is 10.1. The van der Waals surface area contributed by atoms with Crippen molar-refractivity contribution in [3.05, 3.63) is 63.7 Å². The molecule has 0 spiro atoms. The maximum absolute atomic E-state index is 12.0.